The first kappa shape index (κ1) is 12.6. The van der Waals surface area contributed by atoms with E-state index in [-0.39, 0.29) is 17.0 Å². The molecule has 0 aliphatic carbocycles. The van der Waals surface area contributed by atoms with Crippen molar-refractivity contribution in [2.45, 2.75) is 0 Å². The van der Waals surface area contributed by atoms with E-state index in [9.17, 15) is 14.3 Å². The predicted octanol–water partition coefficient (Wildman–Crippen LogP) is 3.55. The highest BCUT2D eigenvalue weighted by Crippen LogP contribution is 2.23. The summed E-state index contributed by atoms with van der Waals surface area (Å²) in [6.45, 7) is 0. The molecular weight excluding hydrogens is 301 g/mol. The molecule has 92 valence electrons. The fraction of sp³-hybridized carbons (Fsp3) is 0. The molecule has 0 bridgehead atoms. The molecule has 5 heteroatoms. The minimum absolute atomic E-state index is 0.0712. The van der Waals surface area contributed by atoms with E-state index in [1.165, 1.54) is 30.3 Å². The highest BCUT2D eigenvalue weighted by Gasteiger charge is 2.13. The minimum Gasteiger partial charge on any atom is -0.507 e. The normalized spacial score (nSPS) is 10.1. The lowest BCUT2D eigenvalue weighted by molar-refractivity contribution is 0.102. The lowest BCUT2D eigenvalue weighted by Crippen LogP contribution is -2.13. The monoisotopic (exact) mass is 309 g/mol. The van der Waals surface area contributed by atoms with Crippen LogP contribution in [0.4, 0.5) is 10.1 Å². The summed E-state index contributed by atoms with van der Waals surface area (Å²) in [6, 6.07) is 10.3. The number of carbonyl (C=O) groups is 1. The average Bonchev–Trinajstić information content (AvgIpc) is 2.35. The van der Waals surface area contributed by atoms with E-state index >= 15 is 0 Å². The SMILES string of the molecule is O=C(Nc1ccccc1F)c1cc(Br)ccc1O. The molecule has 2 aromatic carbocycles. The second kappa shape index (κ2) is 5.18. The van der Waals surface area contributed by atoms with Crippen molar-refractivity contribution in [1.29, 1.82) is 0 Å². The summed E-state index contributed by atoms with van der Waals surface area (Å²) in [7, 11) is 0. The molecule has 2 aromatic rings. The van der Waals surface area contributed by atoms with Crippen LogP contribution in [0.5, 0.6) is 5.75 Å². The van der Waals surface area contributed by atoms with E-state index in [1.54, 1.807) is 12.1 Å². The number of para-hydroxylation sites is 1. The lowest BCUT2D eigenvalue weighted by Gasteiger charge is -2.07. The molecule has 0 heterocycles. The first-order valence-corrected chi connectivity index (χ1v) is 5.91. The highest BCUT2D eigenvalue weighted by atomic mass is 79.9. The van der Waals surface area contributed by atoms with Gasteiger partial charge in [-0.1, -0.05) is 28.1 Å². The molecule has 0 aromatic heterocycles. The van der Waals surface area contributed by atoms with Crippen molar-refractivity contribution < 1.29 is 14.3 Å². The lowest BCUT2D eigenvalue weighted by atomic mass is 10.2. The van der Waals surface area contributed by atoms with E-state index in [1.807, 2.05) is 0 Å². The summed E-state index contributed by atoms with van der Waals surface area (Å²) < 4.78 is 14.0. The highest BCUT2D eigenvalue weighted by molar-refractivity contribution is 9.10. The topological polar surface area (TPSA) is 49.3 Å². The maximum absolute atomic E-state index is 13.4. The van der Waals surface area contributed by atoms with Crippen LogP contribution in [-0.4, -0.2) is 11.0 Å². The number of phenols is 1. The molecule has 18 heavy (non-hydrogen) atoms. The van der Waals surface area contributed by atoms with Crippen LogP contribution >= 0.6 is 15.9 Å². The van der Waals surface area contributed by atoms with Crippen molar-refractivity contribution in [2.75, 3.05) is 5.32 Å². The Labute approximate surface area is 111 Å². The van der Waals surface area contributed by atoms with Crippen molar-refractivity contribution in [3.63, 3.8) is 0 Å². The predicted molar refractivity (Wildman–Crippen MR) is 70.2 cm³/mol. The molecule has 2 N–H and O–H groups in total. The standard InChI is InChI=1S/C13H9BrFNO2/c14-8-5-6-12(17)9(7-8)13(18)16-11-4-2-1-3-10(11)15/h1-7,17H,(H,16,18). The van der Waals surface area contributed by atoms with Gasteiger partial charge in [0, 0.05) is 4.47 Å². The Kier molecular flexibility index (Phi) is 3.62. The van der Waals surface area contributed by atoms with Crippen LogP contribution in [0.2, 0.25) is 0 Å². The van der Waals surface area contributed by atoms with Crippen LogP contribution in [0, 0.1) is 5.82 Å². The van der Waals surface area contributed by atoms with Crippen molar-refractivity contribution in [3.8, 4) is 5.75 Å². The fourth-order valence-corrected chi connectivity index (χ4v) is 1.80. The summed E-state index contributed by atoms with van der Waals surface area (Å²) >= 11 is 3.20. The van der Waals surface area contributed by atoms with E-state index in [2.05, 4.69) is 21.2 Å². The van der Waals surface area contributed by atoms with Gasteiger partial charge in [-0.05, 0) is 30.3 Å². The Bertz CT molecular complexity index is 601. The fourth-order valence-electron chi connectivity index (χ4n) is 1.44. The van der Waals surface area contributed by atoms with Gasteiger partial charge in [-0.25, -0.2) is 4.39 Å². The molecule has 0 saturated carbocycles. The molecule has 0 radical (unpaired) electrons. The van der Waals surface area contributed by atoms with E-state index in [0.717, 1.165) is 0 Å². The Balaban J connectivity index is 2.28. The van der Waals surface area contributed by atoms with Gasteiger partial charge in [0.25, 0.3) is 5.91 Å². The van der Waals surface area contributed by atoms with Crippen molar-refractivity contribution in [2.24, 2.45) is 0 Å². The molecule has 3 nitrogen and oxygen atoms in total. The van der Waals surface area contributed by atoms with Crippen LogP contribution < -0.4 is 5.32 Å². The molecule has 1 amide bonds. The van der Waals surface area contributed by atoms with Gasteiger partial charge in [-0.2, -0.15) is 0 Å². The average molecular weight is 310 g/mol. The summed E-state index contributed by atoms with van der Waals surface area (Å²) in [6.07, 6.45) is 0. The second-order valence-electron chi connectivity index (χ2n) is 3.60. The number of aromatic hydroxyl groups is 1. The van der Waals surface area contributed by atoms with E-state index in [4.69, 9.17) is 0 Å². The summed E-state index contributed by atoms with van der Waals surface area (Å²) in [5.41, 5.74) is 0.148. The number of phenolic OH excluding ortho intramolecular Hbond substituents is 1. The molecule has 0 unspecified atom stereocenters. The van der Waals surface area contributed by atoms with Gasteiger partial charge in [0.15, 0.2) is 0 Å². The molecule has 0 fully saturated rings. The van der Waals surface area contributed by atoms with Gasteiger partial charge in [-0.15, -0.1) is 0 Å². The number of halogens is 2. The Morgan fingerprint density at radius 3 is 2.67 bits per heavy atom. The van der Waals surface area contributed by atoms with Gasteiger partial charge in [0.1, 0.15) is 11.6 Å². The molecular formula is C13H9BrFNO2. The Morgan fingerprint density at radius 1 is 1.22 bits per heavy atom. The molecule has 0 aliphatic heterocycles. The summed E-state index contributed by atoms with van der Waals surface area (Å²) in [5, 5.41) is 12.0. The Morgan fingerprint density at radius 2 is 1.94 bits per heavy atom. The maximum atomic E-state index is 13.4. The molecule has 0 aliphatic rings. The van der Waals surface area contributed by atoms with Gasteiger partial charge in [-0.3, -0.25) is 4.79 Å². The molecule has 0 atom stereocenters. The van der Waals surface area contributed by atoms with E-state index in [0.29, 0.717) is 4.47 Å². The van der Waals surface area contributed by atoms with Gasteiger partial charge < -0.3 is 10.4 Å². The van der Waals surface area contributed by atoms with Crippen molar-refractivity contribution in [1.82, 2.24) is 0 Å². The summed E-state index contributed by atoms with van der Waals surface area (Å²) in [5.74, 6) is -1.26. The zero-order valence-electron chi connectivity index (χ0n) is 9.15. The largest absolute Gasteiger partial charge is 0.507 e. The minimum atomic E-state index is -0.570. The first-order valence-electron chi connectivity index (χ1n) is 5.12. The molecule has 0 saturated heterocycles. The second-order valence-corrected chi connectivity index (χ2v) is 4.51. The van der Waals surface area contributed by atoms with Crippen LogP contribution in [0.25, 0.3) is 0 Å². The van der Waals surface area contributed by atoms with Gasteiger partial charge in [0.05, 0.1) is 11.3 Å². The third kappa shape index (κ3) is 2.68. The van der Waals surface area contributed by atoms with Crippen molar-refractivity contribution in [3.05, 3.63) is 58.3 Å². The molecule has 0 spiro atoms. The van der Waals surface area contributed by atoms with Gasteiger partial charge >= 0.3 is 0 Å². The zero-order valence-corrected chi connectivity index (χ0v) is 10.7. The van der Waals surface area contributed by atoms with Crippen LogP contribution in [0.3, 0.4) is 0 Å². The molecule has 2 rings (SSSR count). The van der Waals surface area contributed by atoms with Crippen molar-refractivity contribution >= 4 is 27.5 Å². The summed E-state index contributed by atoms with van der Waals surface area (Å²) in [4.78, 5) is 11.9. The quantitative estimate of drug-likeness (QED) is 0.891. The number of benzene rings is 2. The number of hydrogen-bond donors (Lipinski definition) is 2. The number of anilines is 1. The first-order chi connectivity index (χ1) is 8.58. The van der Waals surface area contributed by atoms with Crippen LogP contribution in [0.15, 0.2) is 46.9 Å². The number of carbonyl (C=O) groups excluding carboxylic acids is 1. The van der Waals surface area contributed by atoms with E-state index < -0.39 is 11.7 Å². The number of hydrogen-bond acceptors (Lipinski definition) is 2. The smallest absolute Gasteiger partial charge is 0.259 e. The third-order valence-electron chi connectivity index (χ3n) is 2.33. The number of rotatable bonds is 2. The van der Waals surface area contributed by atoms with Gasteiger partial charge in [0.2, 0.25) is 0 Å². The number of nitrogens with one attached hydrogen (secondary N) is 1. The number of amides is 1. The van der Waals surface area contributed by atoms with Crippen LogP contribution in [-0.2, 0) is 0 Å². The van der Waals surface area contributed by atoms with Crippen LogP contribution in [0.1, 0.15) is 10.4 Å². The Hall–Kier alpha value is -1.88. The third-order valence-corrected chi connectivity index (χ3v) is 2.82. The zero-order chi connectivity index (χ0) is 13.1. The maximum Gasteiger partial charge on any atom is 0.259 e.